The van der Waals surface area contributed by atoms with Crippen LogP contribution in [0, 0.1) is 0 Å². The zero-order valence-corrected chi connectivity index (χ0v) is 9.49. The minimum absolute atomic E-state index is 0.0628. The topological polar surface area (TPSA) is 35.5 Å². The van der Waals surface area contributed by atoms with Crippen molar-refractivity contribution in [2.45, 2.75) is 26.4 Å². The van der Waals surface area contributed by atoms with Gasteiger partial charge in [0.15, 0.2) is 0 Å². The molecule has 5 heteroatoms. The van der Waals surface area contributed by atoms with Crippen molar-refractivity contribution in [3.05, 3.63) is 23.8 Å². The second-order valence-electron chi connectivity index (χ2n) is 3.25. The first kappa shape index (κ1) is 13.4. The summed E-state index contributed by atoms with van der Waals surface area (Å²) in [6, 6.07) is 4.68. The Labute approximate surface area is 98.3 Å². The van der Waals surface area contributed by atoms with Crippen LogP contribution in [0.15, 0.2) is 18.2 Å². The van der Waals surface area contributed by atoms with Crippen molar-refractivity contribution in [3.63, 3.8) is 0 Å². The van der Waals surface area contributed by atoms with Gasteiger partial charge in [-0.05, 0) is 25.5 Å². The van der Waals surface area contributed by atoms with E-state index in [1.165, 1.54) is 6.07 Å². The third-order valence-corrected chi connectivity index (χ3v) is 2.12. The molecule has 0 atom stereocenters. The van der Waals surface area contributed by atoms with E-state index in [0.29, 0.717) is 24.3 Å². The number of rotatable bonds is 7. The molecule has 0 unspecified atom stereocenters. The van der Waals surface area contributed by atoms with Gasteiger partial charge in [0.2, 0.25) is 0 Å². The zero-order chi connectivity index (χ0) is 12.7. The van der Waals surface area contributed by atoms with Gasteiger partial charge in [0.1, 0.15) is 17.8 Å². The summed E-state index contributed by atoms with van der Waals surface area (Å²) < 4.78 is 34.1. The van der Waals surface area contributed by atoms with Crippen molar-refractivity contribution < 1.29 is 23.0 Å². The van der Waals surface area contributed by atoms with E-state index in [-0.39, 0.29) is 12.2 Å². The summed E-state index contributed by atoms with van der Waals surface area (Å²) in [6.45, 7) is -0.669. The first-order valence-corrected chi connectivity index (χ1v) is 5.32. The third-order valence-electron chi connectivity index (χ3n) is 2.12. The molecule has 0 N–H and O–H groups in total. The van der Waals surface area contributed by atoms with E-state index in [9.17, 15) is 13.6 Å². The van der Waals surface area contributed by atoms with Gasteiger partial charge in [0.05, 0.1) is 6.61 Å². The Balaban J connectivity index is 2.99. The number of carbonyl (C=O) groups is 1. The van der Waals surface area contributed by atoms with Crippen LogP contribution in [-0.2, 0) is 11.2 Å². The minimum Gasteiger partial charge on any atom is -0.493 e. The van der Waals surface area contributed by atoms with Crippen molar-refractivity contribution >= 4 is 6.29 Å². The number of ether oxygens (including phenoxy) is 2. The molecule has 0 heterocycles. The molecule has 0 spiro atoms. The predicted molar refractivity (Wildman–Crippen MR) is 58.6 cm³/mol. The molecule has 0 aliphatic carbocycles. The van der Waals surface area contributed by atoms with E-state index in [0.717, 1.165) is 6.29 Å². The molecule has 0 saturated heterocycles. The Bertz CT molecular complexity index is 367. The van der Waals surface area contributed by atoms with Crippen LogP contribution >= 0.6 is 0 Å². The summed E-state index contributed by atoms with van der Waals surface area (Å²) in [7, 11) is 0. The van der Waals surface area contributed by atoms with Crippen molar-refractivity contribution in [1.82, 2.24) is 0 Å². The lowest BCUT2D eigenvalue weighted by Crippen LogP contribution is -2.06. The summed E-state index contributed by atoms with van der Waals surface area (Å²) in [6.07, 6.45) is 1.29. The zero-order valence-electron chi connectivity index (χ0n) is 9.49. The van der Waals surface area contributed by atoms with Crippen molar-refractivity contribution in [3.8, 4) is 11.5 Å². The molecule has 0 aliphatic rings. The molecule has 0 amide bonds. The second kappa shape index (κ2) is 6.83. The van der Waals surface area contributed by atoms with E-state index < -0.39 is 6.61 Å². The average molecular weight is 244 g/mol. The summed E-state index contributed by atoms with van der Waals surface area (Å²) in [5.74, 6) is 0.542. The normalized spacial score (nSPS) is 10.4. The van der Waals surface area contributed by atoms with E-state index in [2.05, 4.69) is 4.74 Å². The molecule has 0 saturated carbocycles. The number of hydrogen-bond donors (Lipinski definition) is 0. The van der Waals surface area contributed by atoms with Crippen LogP contribution in [-0.4, -0.2) is 19.5 Å². The second-order valence-corrected chi connectivity index (χ2v) is 3.25. The van der Waals surface area contributed by atoms with Crippen LogP contribution in [0.1, 0.15) is 18.9 Å². The molecule has 3 nitrogen and oxygen atoms in total. The van der Waals surface area contributed by atoms with Crippen LogP contribution in [0.2, 0.25) is 0 Å². The maximum Gasteiger partial charge on any atom is 0.387 e. The fourth-order valence-electron chi connectivity index (χ4n) is 1.49. The van der Waals surface area contributed by atoms with Gasteiger partial charge >= 0.3 is 6.61 Å². The Hall–Kier alpha value is -1.65. The molecule has 17 heavy (non-hydrogen) atoms. The number of aldehydes is 1. The van der Waals surface area contributed by atoms with E-state index >= 15 is 0 Å². The quantitative estimate of drug-likeness (QED) is 0.692. The summed E-state index contributed by atoms with van der Waals surface area (Å²) >= 11 is 0. The Morgan fingerprint density at radius 2 is 2.06 bits per heavy atom. The van der Waals surface area contributed by atoms with Crippen molar-refractivity contribution in [1.29, 1.82) is 0 Å². The molecule has 0 bridgehead atoms. The van der Waals surface area contributed by atoms with Gasteiger partial charge in [0.25, 0.3) is 0 Å². The Kier molecular flexibility index (Phi) is 5.39. The Morgan fingerprint density at radius 3 is 2.65 bits per heavy atom. The van der Waals surface area contributed by atoms with Crippen molar-refractivity contribution in [2.24, 2.45) is 0 Å². The summed E-state index contributed by atoms with van der Waals surface area (Å²) in [5, 5.41) is 0. The molecule has 0 aromatic heterocycles. The van der Waals surface area contributed by atoms with E-state index in [4.69, 9.17) is 4.74 Å². The maximum absolute atomic E-state index is 12.2. The number of halogens is 2. The van der Waals surface area contributed by atoms with Crippen LogP contribution < -0.4 is 9.47 Å². The molecule has 1 aromatic rings. The smallest absolute Gasteiger partial charge is 0.387 e. The van der Waals surface area contributed by atoms with Crippen molar-refractivity contribution in [2.75, 3.05) is 6.61 Å². The predicted octanol–water partition coefficient (Wildman–Crippen LogP) is 2.82. The Morgan fingerprint density at radius 1 is 1.35 bits per heavy atom. The molecule has 0 aliphatic heterocycles. The maximum atomic E-state index is 12.2. The molecule has 1 rings (SSSR count). The first-order valence-electron chi connectivity index (χ1n) is 5.32. The summed E-state index contributed by atoms with van der Waals surface area (Å²) in [5.41, 5.74) is 0.502. The first-order chi connectivity index (χ1) is 8.19. The highest BCUT2D eigenvalue weighted by atomic mass is 19.3. The number of alkyl halides is 2. The standard InChI is InChI=1S/C12H14F2O3/c1-2-16-10-6-3-7-11(17-12(13)14)9(10)5-4-8-15/h3,6-8,12H,2,4-5H2,1H3. The lowest BCUT2D eigenvalue weighted by Gasteiger charge is -2.14. The highest BCUT2D eigenvalue weighted by Gasteiger charge is 2.13. The van der Waals surface area contributed by atoms with Gasteiger partial charge in [-0.1, -0.05) is 6.07 Å². The molecular weight excluding hydrogens is 230 g/mol. The molecular formula is C12H14F2O3. The lowest BCUT2D eigenvalue weighted by molar-refractivity contribution is -0.107. The molecule has 94 valence electrons. The minimum atomic E-state index is -2.89. The van der Waals surface area contributed by atoms with Crippen LogP contribution in [0.3, 0.4) is 0 Å². The molecule has 0 fully saturated rings. The largest absolute Gasteiger partial charge is 0.493 e. The van der Waals surface area contributed by atoms with Gasteiger partial charge in [-0.3, -0.25) is 0 Å². The molecule has 0 radical (unpaired) electrons. The number of carbonyl (C=O) groups excluding carboxylic acids is 1. The van der Waals surface area contributed by atoms with Gasteiger partial charge in [0, 0.05) is 12.0 Å². The fourth-order valence-corrected chi connectivity index (χ4v) is 1.49. The van der Waals surface area contributed by atoms with Gasteiger partial charge in [-0.25, -0.2) is 0 Å². The van der Waals surface area contributed by atoms with Crippen LogP contribution in [0.5, 0.6) is 11.5 Å². The van der Waals surface area contributed by atoms with Gasteiger partial charge in [-0.2, -0.15) is 8.78 Å². The van der Waals surface area contributed by atoms with E-state index in [1.807, 2.05) is 0 Å². The average Bonchev–Trinajstić information content (AvgIpc) is 2.28. The molecule has 1 aromatic carbocycles. The number of benzene rings is 1. The number of hydrogen-bond acceptors (Lipinski definition) is 3. The fraction of sp³-hybridized carbons (Fsp3) is 0.417. The monoisotopic (exact) mass is 244 g/mol. The van der Waals surface area contributed by atoms with Crippen LogP contribution in [0.25, 0.3) is 0 Å². The lowest BCUT2D eigenvalue weighted by atomic mass is 10.1. The summed E-state index contributed by atoms with van der Waals surface area (Å²) in [4.78, 5) is 10.4. The SMILES string of the molecule is CCOc1cccc(OC(F)F)c1CCC=O. The highest BCUT2D eigenvalue weighted by Crippen LogP contribution is 2.30. The van der Waals surface area contributed by atoms with Crippen LogP contribution in [0.4, 0.5) is 8.78 Å². The van der Waals surface area contributed by atoms with Gasteiger partial charge < -0.3 is 14.3 Å². The van der Waals surface area contributed by atoms with Gasteiger partial charge in [-0.15, -0.1) is 0 Å². The highest BCUT2D eigenvalue weighted by molar-refractivity contribution is 5.53. The van der Waals surface area contributed by atoms with E-state index in [1.54, 1.807) is 19.1 Å². The third kappa shape index (κ3) is 4.01.